The van der Waals surface area contributed by atoms with Crippen molar-refractivity contribution in [2.75, 3.05) is 4.90 Å². The van der Waals surface area contributed by atoms with Crippen molar-refractivity contribution < 1.29 is 0 Å². The summed E-state index contributed by atoms with van der Waals surface area (Å²) in [5.41, 5.74) is 18.8. The average Bonchev–Trinajstić information content (AvgIpc) is 3.64. The monoisotopic (exact) mass is 819 g/mol. The van der Waals surface area contributed by atoms with E-state index in [4.69, 9.17) is 0 Å². The minimum atomic E-state index is -0.0702. The van der Waals surface area contributed by atoms with Crippen molar-refractivity contribution in [1.82, 2.24) is 0 Å². The number of rotatable bonds is 10. The molecule has 0 N–H and O–H groups in total. The highest BCUT2D eigenvalue weighted by Gasteiger charge is 2.41. The minimum Gasteiger partial charge on any atom is -0.310 e. The zero-order valence-electron chi connectivity index (χ0n) is 36.4. The van der Waals surface area contributed by atoms with Gasteiger partial charge >= 0.3 is 0 Å². The molecule has 10 aromatic rings. The van der Waals surface area contributed by atoms with Crippen LogP contribution < -0.4 is 4.90 Å². The molecule has 0 atom stereocenters. The molecule has 64 heavy (non-hydrogen) atoms. The second kappa shape index (κ2) is 16.5. The number of fused-ring (bicyclic) bond motifs is 5. The van der Waals surface area contributed by atoms with Crippen molar-refractivity contribution in [1.29, 1.82) is 0 Å². The maximum absolute atomic E-state index is 2.46. The molecule has 11 rings (SSSR count). The van der Waals surface area contributed by atoms with Gasteiger partial charge in [0.15, 0.2) is 0 Å². The first-order chi connectivity index (χ1) is 31.6. The highest BCUT2D eigenvalue weighted by atomic mass is 15.1. The minimum absolute atomic E-state index is 0.0702. The zero-order chi connectivity index (χ0) is 43.0. The Morgan fingerprint density at radius 2 is 0.859 bits per heavy atom. The fourth-order valence-electron chi connectivity index (χ4n) is 10.5. The van der Waals surface area contributed by atoms with Gasteiger partial charge in [-0.25, -0.2) is 0 Å². The molecule has 1 aliphatic rings. The van der Waals surface area contributed by atoms with E-state index in [1.807, 2.05) is 0 Å². The molecule has 0 bridgehead atoms. The van der Waals surface area contributed by atoms with Crippen LogP contribution in [0, 0.1) is 0 Å². The summed E-state index contributed by atoms with van der Waals surface area (Å²) in [5, 5.41) is 5.01. The van der Waals surface area contributed by atoms with Crippen molar-refractivity contribution >= 4 is 50.8 Å². The molecule has 0 saturated carbocycles. The third-order valence-corrected chi connectivity index (χ3v) is 13.7. The fourth-order valence-corrected chi connectivity index (χ4v) is 10.5. The van der Waals surface area contributed by atoms with E-state index >= 15 is 0 Å². The molecule has 0 aliphatic heterocycles. The molecular weight excluding hydrogens is 771 g/mol. The Balaban J connectivity index is 0.919. The van der Waals surface area contributed by atoms with Gasteiger partial charge in [0.2, 0.25) is 0 Å². The average molecular weight is 820 g/mol. The van der Waals surface area contributed by atoms with Crippen molar-refractivity contribution in [2.24, 2.45) is 0 Å². The fraction of sp³-hybridized carbons (Fsp3) is 0.0794. The van der Waals surface area contributed by atoms with Crippen molar-refractivity contribution in [3.05, 3.63) is 247 Å². The second-order valence-electron chi connectivity index (χ2n) is 17.1. The number of benzene rings is 10. The molecule has 0 amide bonds. The Labute approximate surface area is 377 Å². The van der Waals surface area contributed by atoms with Crippen LogP contribution in [0.5, 0.6) is 0 Å². The lowest BCUT2D eigenvalue weighted by Crippen LogP contribution is -2.23. The van der Waals surface area contributed by atoms with Gasteiger partial charge in [0.05, 0.1) is 0 Å². The van der Waals surface area contributed by atoms with Gasteiger partial charge in [0.25, 0.3) is 0 Å². The van der Waals surface area contributed by atoms with Crippen LogP contribution in [0.3, 0.4) is 0 Å². The first-order valence-corrected chi connectivity index (χ1v) is 22.7. The van der Waals surface area contributed by atoms with Gasteiger partial charge < -0.3 is 4.90 Å². The predicted octanol–water partition coefficient (Wildman–Crippen LogP) is 17.7. The van der Waals surface area contributed by atoms with Gasteiger partial charge in [-0.3, -0.25) is 0 Å². The van der Waals surface area contributed by atoms with E-state index in [0.717, 1.165) is 24.2 Å². The normalized spacial score (nSPS) is 12.7. The number of para-hydroxylation sites is 2. The van der Waals surface area contributed by atoms with E-state index in [-0.39, 0.29) is 5.41 Å². The summed E-state index contributed by atoms with van der Waals surface area (Å²) in [6.07, 6.45) is 6.63. The molecule has 1 heteroatoms. The maximum atomic E-state index is 2.46. The van der Waals surface area contributed by atoms with Crippen LogP contribution in [-0.2, 0) is 5.41 Å². The third kappa shape index (κ3) is 6.82. The van der Waals surface area contributed by atoms with E-state index in [2.05, 4.69) is 255 Å². The van der Waals surface area contributed by atoms with Crippen LogP contribution in [0.1, 0.15) is 48.9 Å². The standard InChI is InChI=1S/C63H49N/c1-3-63(4-2)60-41-45(31-36-57(60)58-37-35-53(43-61(58)63)64(51-22-13-7-14-23-51)52-24-15-8-16-25-52)29-28-44-30-32-49-42-50(34-33-48(49)40-44)55-26-17-27-59-54(46-18-9-5-10-19-46)38-39-56(62(55)59)47-20-11-6-12-21-47/h5-43H,3-4H2,1-2H3/b29-28+. The van der Waals surface area contributed by atoms with Crippen LogP contribution in [0.2, 0.25) is 0 Å². The molecular formula is C63H49N. The highest BCUT2D eigenvalue weighted by Crippen LogP contribution is 2.54. The molecule has 0 unspecified atom stereocenters. The Kier molecular flexibility index (Phi) is 10.1. The first kappa shape index (κ1) is 39.1. The van der Waals surface area contributed by atoms with E-state index in [9.17, 15) is 0 Å². The second-order valence-corrected chi connectivity index (χ2v) is 17.1. The van der Waals surface area contributed by atoms with E-state index in [1.54, 1.807) is 0 Å². The van der Waals surface area contributed by atoms with Gasteiger partial charge in [0, 0.05) is 22.5 Å². The highest BCUT2D eigenvalue weighted by molar-refractivity contribution is 6.12. The topological polar surface area (TPSA) is 3.24 Å². The van der Waals surface area contributed by atoms with Crippen LogP contribution in [0.15, 0.2) is 224 Å². The van der Waals surface area contributed by atoms with Crippen molar-refractivity contribution in [2.45, 2.75) is 32.1 Å². The maximum Gasteiger partial charge on any atom is 0.0465 e. The molecule has 0 radical (unpaired) electrons. The number of hydrogen-bond donors (Lipinski definition) is 0. The molecule has 1 nitrogen and oxygen atoms in total. The van der Waals surface area contributed by atoms with Crippen LogP contribution in [0.25, 0.3) is 78.2 Å². The lowest BCUT2D eigenvalue weighted by atomic mass is 9.73. The molecule has 0 saturated heterocycles. The zero-order valence-corrected chi connectivity index (χ0v) is 36.4. The Morgan fingerprint density at radius 3 is 1.52 bits per heavy atom. The van der Waals surface area contributed by atoms with Gasteiger partial charge in [-0.15, -0.1) is 0 Å². The van der Waals surface area contributed by atoms with E-state index in [0.29, 0.717) is 0 Å². The Morgan fingerprint density at radius 1 is 0.359 bits per heavy atom. The Bertz CT molecular complexity index is 3290. The molecule has 0 spiro atoms. The van der Waals surface area contributed by atoms with Gasteiger partial charge in [-0.05, 0) is 150 Å². The Hall–Kier alpha value is -7.74. The summed E-state index contributed by atoms with van der Waals surface area (Å²) < 4.78 is 0. The van der Waals surface area contributed by atoms with Crippen LogP contribution in [0.4, 0.5) is 17.1 Å². The quantitative estimate of drug-likeness (QED) is 0.124. The summed E-state index contributed by atoms with van der Waals surface area (Å²) in [5.74, 6) is 0. The molecule has 0 heterocycles. The van der Waals surface area contributed by atoms with Gasteiger partial charge in [0.1, 0.15) is 0 Å². The number of hydrogen-bond acceptors (Lipinski definition) is 1. The molecule has 0 aromatic heterocycles. The molecule has 0 fully saturated rings. The lowest BCUT2D eigenvalue weighted by Gasteiger charge is -2.32. The molecule has 1 aliphatic carbocycles. The number of anilines is 3. The summed E-state index contributed by atoms with van der Waals surface area (Å²) in [7, 11) is 0. The predicted molar refractivity (Wildman–Crippen MR) is 275 cm³/mol. The largest absolute Gasteiger partial charge is 0.310 e. The molecule has 306 valence electrons. The van der Waals surface area contributed by atoms with Crippen molar-refractivity contribution in [3.63, 3.8) is 0 Å². The summed E-state index contributed by atoms with van der Waals surface area (Å²) in [6, 6.07) is 82.4. The summed E-state index contributed by atoms with van der Waals surface area (Å²) in [6.45, 7) is 4.71. The third-order valence-electron chi connectivity index (χ3n) is 13.7. The lowest BCUT2D eigenvalue weighted by molar-refractivity contribution is 0.490. The van der Waals surface area contributed by atoms with Crippen LogP contribution >= 0.6 is 0 Å². The van der Waals surface area contributed by atoms with Gasteiger partial charge in [-0.2, -0.15) is 0 Å². The van der Waals surface area contributed by atoms with E-state index < -0.39 is 0 Å². The molecule has 10 aromatic carbocycles. The SMILES string of the molecule is CCC1(CC)c2cc(/C=C/c3ccc4cc(-c5cccc6c(-c7ccccc7)ccc(-c7ccccc7)c56)ccc4c3)ccc2-c2ccc(N(c3ccccc3)c3ccccc3)cc21. The number of nitrogens with zero attached hydrogens (tertiary/aromatic N) is 1. The van der Waals surface area contributed by atoms with Crippen molar-refractivity contribution in [3.8, 4) is 44.5 Å². The van der Waals surface area contributed by atoms with Crippen LogP contribution in [-0.4, -0.2) is 0 Å². The summed E-state index contributed by atoms with van der Waals surface area (Å²) in [4.78, 5) is 2.38. The van der Waals surface area contributed by atoms with Gasteiger partial charge in [-0.1, -0.05) is 202 Å². The van der Waals surface area contributed by atoms with E-state index in [1.165, 1.54) is 94.0 Å². The summed E-state index contributed by atoms with van der Waals surface area (Å²) >= 11 is 0. The first-order valence-electron chi connectivity index (χ1n) is 22.7. The smallest absolute Gasteiger partial charge is 0.0465 e.